The molecule has 36 heavy (non-hydrogen) atoms. The summed E-state index contributed by atoms with van der Waals surface area (Å²) in [6.45, 7) is 1.60. The third-order valence-electron chi connectivity index (χ3n) is 5.68. The third-order valence-corrected chi connectivity index (χ3v) is 5.68. The van der Waals surface area contributed by atoms with Crippen molar-refractivity contribution in [1.29, 1.82) is 0 Å². The number of aromatic nitrogens is 1. The lowest BCUT2D eigenvalue weighted by atomic mass is 10.0. The number of benzene rings is 3. The maximum atomic E-state index is 12.4. The summed E-state index contributed by atoms with van der Waals surface area (Å²) in [4.78, 5) is 11.7. The molecule has 0 radical (unpaired) electrons. The van der Waals surface area contributed by atoms with E-state index in [1.807, 2.05) is 0 Å². The third kappa shape index (κ3) is 4.47. The van der Waals surface area contributed by atoms with Gasteiger partial charge < -0.3 is 28.6 Å². The van der Waals surface area contributed by atoms with Gasteiger partial charge in [-0.1, -0.05) is 12.1 Å². The number of carboxylic acid groups (broad SMARTS) is 1. The summed E-state index contributed by atoms with van der Waals surface area (Å²) in [7, 11) is 0. The van der Waals surface area contributed by atoms with E-state index in [0.29, 0.717) is 39.5 Å². The summed E-state index contributed by atoms with van der Waals surface area (Å²) in [5.74, 6) is 0.00757. The second kappa shape index (κ2) is 8.67. The highest BCUT2D eigenvalue weighted by molar-refractivity contribution is 5.92. The monoisotopic (exact) mass is 501 g/mol. The Morgan fingerprint density at radius 3 is 2.42 bits per heavy atom. The number of rotatable bonds is 6. The van der Waals surface area contributed by atoms with Crippen LogP contribution < -0.4 is 18.9 Å². The van der Waals surface area contributed by atoms with Gasteiger partial charge in [0.15, 0.2) is 17.1 Å². The van der Waals surface area contributed by atoms with Gasteiger partial charge in [-0.05, 0) is 55.0 Å². The molecule has 4 aromatic rings. The van der Waals surface area contributed by atoms with Crippen LogP contribution in [0.5, 0.6) is 28.7 Å². The van der Waals surface area contributed by atoms with Crippen molar-refractivity contribution in [2.75, 3.05) is 6.61 Å². The predicted molar refractivity (Wildman–Crippen MR) is 119 cm³/mol. The summed E-state index contributed by atoms with van der Waals surface area (Å²) >= 11 is 0. The van der Waals surface area contributed by atoms with Crippen LogP contribution in [-0.4, -0.2) is 34.8 Å². The number of carbonyl (C=O) groups is 1. The number of fused-ring (bicyclic) bond motifs is 2. The summed E-state index contributed by atoms with van der Waals surface area (Å²) in [6.07, 6.45) is -4.56. The van der Waals surface area contributed by atoms with Gasteiger partial charge in [0, 0.05) is 23.1 Å². The van der Waals surface area contributed by atoms with Crippen molar-refractivity contribution >= 4 is 16.9 Å². The zero-order valence-corrected chi connectivity index (χ0v) is 18.7. The molecule has 0 saturated heterocycles. The molecule has 2 heterocycles. The fourth-order valence-electron chi connectivity index (χ4n) is 3.76. The molecule has 1 aliphatic heterocycles. The van der Waals surface area contributed by atoms with E-state index < -0.39 is 17.9 Å². The Hall–Kier alpha value is -4.41. The largest absolute Gasteiger partial charge is 0.573 e. The van der Waals surface area contributed by atoms with Crippen LogP contribution in [0, 0.1) is 0 Å². The molecule has 8 nitrogen and oxygen atoms in total. The van der Waals surface area contributed by atoms with Crippen LogP contribution in [0.25, 0.3) is 22.2 Å². The van der Waals surface area contributed by atoms with Crippen LogP contribution in [0.3, 0.4) is 0 Å². The maximum absolute atomic E-state index is 12.4. The topological polar surface area (TPSA) is 100 Å². The van der Waals surface area contributed by atoms with Crippen LogP contribution >= 0.6 is 0 Å². The fraction of sp³-hybridized carbons (Fsp3) is 0.200. The molecular formula is C25H18F3NO7. The van der Waals surface area contributed by atoms with E-state index in [0.717, 1.165) is 0 Å². The number of halogens is 3. The number of ether oxygens (including phenoxy) is 4. The van der Waals surface area contributed by atoms with Gasteiger partial charge in [0.1, 0.15) is 29.5 Å². The Balaban J connectivity index is 1.36. The molecule has 0 unspecified atom stereocenters. The highest BCUT2D eigenvalue weighted by Crippen LogP contribution is 2.41. The van der Waals surface area contributed by atoms with Crippen molar-refractivity contribution in [1.82, 2.24) is 5.16 Å². The van der Waals surface area contributed by atoms with Crippen molar-refractivity contribution in [2.24, 2.45) is 0 Å². The average molecular weight is 501 g/mol. The number of carboxylic acids is 1. The normalized spacial score (nSPS) is 17.1. The van der Waals surface area contributed by atoms with Gasteiger partial charge in [-0.25, -0.2) is 4.79 Å². The summed E-state index contributed by atoms with van der Waals surface area (Å²) < 4.78 is 63.7. The Kier molecular flexibility index (Phi) is 5.62. The van der Waals surface area contributed by atoms with Crippen molar-refractivity contribution < 1.29 is 46.5 Å². The van der Waals surface area contributed by atoms with Gasteiger partial charge in [0.2, 0.25) is 5.60 Å². The molecule has 0 aliphatic carbocycles. The van der Waals surface area contributed by atoms with Gasteiger partial charge in [0.05, 0.1) is 0 Å². The summed E-state index contributed by atoms with van der Waals surface area (Å²) in [5, 5.41) is 14.2. The molecule has 0 amide bonds. The first-order valence-corrected chi connectivity index (χ1v) is 10.8. The smallest absolute Gasteiger partial charge is 0.485 e. The minimum absolute atomic E-state index is 0.103. The Morgan fingerprint density at radius 2 is 1.72 bits per heavy atom. The van der Waals surface area contributed by atoms with Gasteiger partial charge >= 0.3 is 12.3 Å². The number of alkyl halides is 3. The molecule has 0 bridgehead atoms. The summed E-state index contributed by atoms with van der Waals surface area (Å²) in [6, 6.07) is 15.1. The molecule has 186 valence electrons. The standard InChI is InChI=1S/C25H18F3NO7/c1-2-24(23(30)31)13-32-19-10-8-17(12-21(19)35-24)33-16-7-9-18-20(11-16)36-29-22(18)14-3-5-15(6-4-14)34-25(26,27)28/h3-12H,2,13H2,1H3,(H,30,31)/t24-/m1/s1. The van der Waals surface area contributed by atoms with Crippen molar-refractivity contribution in [3.05, 3.63) is 60.7 Å². The van der Waals surface area contributed by atoms with Gasteiger partial charge in [0.25, 0.3) is 0 Å². The molecule has 1 aliphatic rings. The van der Waals surface area contributed by atoms with Crippen LogP contribution in [0.1, 0.15) is 13.3 Å². The number of hydrogen-bond donors (Lipinski definition) is 1. The molecule has 0 saturated carbocycles. The van der Waals surface area contributed by atoms with E-state index in [-0.39, 0.29) is 24.5 Å². The molecule has 1 atom stereocenters. The van der Waals surface area contributed by atoms with Crippen molar-refractivity contribution in [3.63, 3.8) is 0 Å². The molecule has 5 rings (SSSR count). The van der Waals surface area contributed by atoms with Crippen LogP contribution in [0.4, 0.5) is 13.2 Å². The zero-order valence-electron chi connectivity index (χ0n) is 18.7. The molecule has 0 fully saturated rings. The fourth-order valence-corrected chi connectivity index (χ4v) is 3.76. The lowest BCUT2D eigenvalue weighted by Crippen LogP contribution is -2.51. The van der Waals surface area contributed by atoms with Crippen molar-refractivity contribution in [2.45, 2.75) is 25.3 Å². The van der Waals surface area contributed by atoms with E-state index in [1.165, 1.54) is 24.3 Å². The lowest BCUT2D eigenvalue weighted by molar-refractivity contribution is -0.274. The highest BCUT2D eigenvalue weighted by Gasteiger charge is 2.44. The van der Waals surface area contributed by atoms with E-state index >= 15 is 0 Å². The van der Waals surface area contributed by atoms with Crippen molar-refractivity contribution in [3.8, 4) is 40.0 Å². The average Bonchev–Trinajstić information content (AvgIpc) is 3.26. The highest BCUT2D eigenvalue weighted by atomic mass is 19.4. The molecule has 1 aromatic heterocycles. The minimum atomic E-state index is -4.77. The predicted octanol–water partition coefficient (Wildman–Crippen LogP) is 6.19. The van der Waals surface area contributed by atoms with Crippen LogP contribution in [0.15, 0.2) is 65.2 Å². The Labute approximate surface area is 201 Å². The number of nitrogens with zero attached hydrogens (tertiary/aromatic N) is 1. The van der Waals surface area contributed by atoms with E-state index in [9.17, 15) is 23.1 Å². The van der Waals surface area contributed by atoms with Crippen LogP contribution in [-0.2, 0) is 4.79 Å². The Morgan fingerprint density at radius 1 is 1.03 bits per heavy atom. The van der Waals surface area contributed by atoms with E-state index in [4.69, 9.17) is 18.7 Å². The SMILES string of the molecule is CC[C@]1(C(=O)O)COc2ccc(Oc3ccc4c(-c5ccc(OC(F)(F)F)cc5)noc4c3)cc2O1. The lowest BCUT2D eigenvalue weighted by Gasteiger charge is -2.34. The molecule has 11 heteroatoms. The first-order valence-electron chi connectivity index (χ1n) is 10.8. The summed E-state index contributed by atoms with van der Waals surface area (Å²) in [5.41, 5.74) is -0.0927. The first-order chi connectivity index (χ1) is 17.2. The zero-order chi connectivity index (χ0) is 25.5. The second-order valence-electron chi connectivity index (χ2n) is 8.02. The minimum Gasteiger partial charge on any atom is -0.485 e. The molecular weight excluding hydrogens is 483 g/mol. The van der Waals surface area contributed by atoms with Gasteiger partial charge in [-0.2, -0.15) is 0 Å². The quantitative estimate of drug-likeness (QED) is 0.334. The molecule has 1 N–H and O–H groups in total. The molecule has 3 aromatic carbocycles. The van der Waals surface area contributed by atoms with E-state index in [1.54, 1.807) is 43.3 Å². The number of aliphatic carboxylic acids is 1. The first kappa shape index (κ1) is 23.3. The maximum Gasteiger partial charge on any atom is 0.573 e. The van der Waals surface area contributed by atoms with Gasteiger partial charge in [-0.3, -0.25) is 0 Å². The molecule has 0 spiro atoms. The second-order valence-corrected chi connectivity index (χ2v) is 8.02. The van der Waals surface area contributed by atoms with E-state index in [2.05, 4.69) is 9.89 Å². The van der Waals surface area contributed by atoms with Gasteiger partial charge in [-0.15, -0.1) is 13.2 Å². The number of hydrogen-bond acceptors (Lipinski definition) is 7. The van der Waals surface area contributed by atoms with Crippen LogP contribution in [0.2, 0.25) is 0 Å². The Bertz CT molecular complexity index is 1430.